The van der Waals surface area contributed by atoms with E-state index in [2.05, 4.69) is 16.9 Å². The van der Waals surface area contributed by atoms with Crippen LogP contribution in [0.15, 0.2) is 81.4 Å². The minimum absolute atomic E-state index is 0.0935. The quantitative estimate of drug-likeness (QED) is 0.373. The van der Waals surface area contributed by atoms with Gasteiger partial charge in [0.15, 0.2) is 0 Å². The van der Waals surface area contributed by atoms with Crippen molar-refractivity contribution in [3.8, 4) is 0 Å². The molecule has 1 aliphatic rings. The van der Waals surface area contributed by atoms with Gasteiger partial charge in [-0.3, -0.25) is 9.52 Å². The van der Waals surface area contributed by atoms with Crippen molar-refractivity contribution >= 4 is 45.1 Å². The summed E-state index contributed by atoms with van der Waals surface area (Å²) in [5.74, 6) is 0.700. The molecule has 0 aliphatic carbocycles. The highest BCUT2D eigenvalue weighted by Gasteiger charge is 2.24. The van der Waals surface area contributed by atoms with Crippen LogP contribution in [0.3, 0.4) is 0 Å². The molecule has 0 bridgehead atoms. The van der Waals surface area contributed by atoms with E-state index in [4.69, 9.17) is 0 Å². The number of likely N-dealkylation sites (tertiary alicyclic amines) is 1. The second-order valence-corrected chi connectivity index (χ2v) is 11.8. The van der Waals surface area contributed by atoms with E-state index in [1.165, 1.54) is 22.7 Å². The maximum atomic E-state index is 13.2. The third-order valence-electron chi connectivity index (χ3n) is 5.79. The molecule has 1 amide bonds. The van der Waals surface area contributed by atoms with Crippen molar-refractivity contribution in [2.45, 2.75) is 40.2 Å². The van der Waals surface area contributed by atoms with Crippen molar-refractivity contribution in [2.24, 2.45) is 0 Å². The molecule has 1 aliphatic heterocycles. The lowest BCUT2D eigenvalue weighted by molar-refractivity contribution is 0.0789. The Morgan fingerprint density at radius 3 is 2.41 bits per heavy atom. The fourth-order valence-electron chi connectivity index (χ4n) is 3.93. The smallest absolute Gasteiger partial charge is 0.261 e. The van der Waals surface area contributed by atoms with Crippen LogP contribution in [0, 0.1) is 6.92 Å². The van der Waals surface area contributed by atoms with Gasteiger partial charge in [-0.15, -0.1) is 23.5 Å². The number of nitrogens with one attached hydrogen (secondary N) is 1. The fourth-order valence-corrected chi connectivity index (χ4v) is 6.52. The van der Waals surface area contributed by atoms with Crippen molar-refractivity contribution in [1.82, 2.24) is 4.90 Å². The van der Waals surface area contributed by atoms with Gasteiger partial charge in [0.1, 0.15) is 0 Å². The van der Waals surface area contributed by atoms with Gasteiger partial charge in [0.05, 0.1) is 16.1 Å². The molecule has 1 heterocycles. The second-order valence-electron chi connectivity index (χ2n) is 8.22. The fraction of sp³-hybridized carbons (Fsp3) is 0.269. The van der Waals surface area contributed by atoms with Gasteiger partial charge in [0.25, 0.3) is 15.9 Å². The summed E-state index contributed by atoms with van der Waals surface area (Å²) in [7, 11) is -3.84. The first kappa shape index (κ1) is 24.7. The third-order valence-corrected chi connectivity index (χ3v) is 9.03. The van der Waals surface area contributed by atoms with Crippen LogP contribution in [-0.2, 0) is 15.8 Å². The lowest BCUT2D eigenvalue weighted by Crippen LogP contribution is -2.28. The van der Waals surface area contributed by atoms with Gasteiger partial charge in [0.2, 0.25) is 0 Å². The first-order valence-electron chi connectivity index (χ1n) is 11.1. The van der Waals surface area contributed by atoms with Crippen LogP contribution >= 0.6 is 23.5 Å². The number of carbonyl (C=O) groups excluding carboxylic acids is 1. The number of amides is 1. The number of benzene rings is 3. The standard InChI is InChI=1S/C26H28N2O3S3/c1-19-16-20(18-33-21-8-4-3-5-9-21)10-12-24(19)27-34(30,31)22-11-13-25(32-2)23(17-22)26(29)28-14-6-7-15-28/h3-5,8-13,16-17,27H,6-7,14-15,18H2,1-2H3. The first-order chi connectivity index (χ1) is 16.4. The van der Waals surface area contributed by atoms with Gasteiger partial charge in [0, 0.05) is 28.6 Å². The molecule has 0 saturated carbocycles. The summed E-state index contributed by atoms with van der Waals surface area (Å²) in [6, 6.07) is 20.7. The zero-order valence-corrected chi connectivity index (χ0v) is 21.7. The average Bonchev–Trinajstić information content (AvgIpc) is 3.39. The van der Waals surface area contributed by atoms with Crippen molar-refractivity contribution in [2.75, 3.05) is 24.1 Å². The Hall–Kier alpha value is -2.42. The lowest BCUT2D eigenvalue weighted by atomic mass is 10.1. The molecule has 8 heteroatoms. The van der Waals surface area contributed by atoms with Crippen LogP contribution in [-0.4, -0.2) is 38.6 Å². The van der Waals surface area contributed by atoms with Crippen molar-refractivity contribution in [3.05, 3.63) is 83.4 Å². The van der Waals surface area contributed by atoms with Crippen LogP contribution < -0.4 is 4.72 Å². The second kappa shape index (κ2) is 10.9. The zero-order valence-electron chi connectivity index (χ0n) is 19.3. The normalized spacial score (nSPS) is 13.8. The minimum atomic E-state index is -3.84. The van der Waals surface area contributed by atoms with Gasteiger partial charge in [-0.25, -0.2) is 8.42 Å². The molecule has 1 saturated heterocycles. The lowest BCUT2D eigenvalue weighted by Gasteiger charge is -2.18. The molecule has 0 spiro atoms. The Morgan fingerprint density at radius 2 is 1.74 bits per heavy atom. The maximum absolute atomic E-state index is 13.2. The number of thioether (sulfide) groups is 2. The van der Waals surface area contributed by atoms with Crippen molar-refractivity contribution in [1.29, 1.82) is 0 Å². The van der Waals surface area contributed by atoms with Gasteiger partial charge in [-0.2, -0.15) is 0 Å². The van der Waals surface area contributed by atoms with Crippen LogP contribution in [0.2, 0.25) is 0 Å². The number of anilines is 1. The molecular formula is C26H28N2O3S3. The van der Waals surface area contributed by atoms with E-state index < -0.39 is 10.0 Å². The predicted octanol–water partition coefficient (Wildman–Crippen LogP) is 6.05. The summed E-state index contributed by atoms with van der Waals surface area (Å²) in [5.41, 5.74) is 2.96. The van der Waals surface area contributed by atoms with E-state index in [-0.39, 0.29) is 10.8 Å². The highest BCUT2D eigenvalue weighted by Crippen LogP contribution is 2.29. The molecule has 4 rings (SSSR count). The monoisotopic (exact) mass is 512 g/mol. The van der Waals surface area contributed by atoms with E-state index in [0.29, 0.717) is 11.3 Å². The van der Waals surface area contributed by atoms with Gasteiger partial charge in [-0.05, 0) is 73.5 Å². The predicted molar refractivity (Wildman–Crippen MR) is 141 cm³/mol. The summed E-state index contributed by atoms with van der Waals surface area (Å²) in [5, 5.41) is 0. The number of carbonyl (C=O) groups is 1. The van der Waals surface area contributed by atoms with Gasteiger partial charge in [-0.1, -0.05) is 30.3 Å². The maximum Gasteiger partial charge on any atom is 0.261 e. The number of hydrogen-bond donors (Lipinski definition) is 1. The number of sulfonamides is 1. The minimum Gasteiger partial charge on any atom is -0.339 e. The molecule has 0 atom stereocenters. The molecule has 5 nitrogen and oxygen atoms in total. The van der Waals surface area contributed by atoms with Crippen molar-refractivity contribution in [3.63, 3.8) is 0 Å². The molecule has 3 aromatic rings. The molecule has 0 unspecified atom stereocenters. The van der Waals surface area contributed by atoms with E-state index in [1.807, 2.05) is 43.5 Å². The summed E-state index contributed by atoms with van der Waals surface area (Å²) in [6.45, 7) is 3.33. The highest BCUT2D eigenvalue weighted by atomic mass is 32.2. The van der Waals surface area contributed by atoms with E-state index >= 15 is 0 Å². The Morgan fingerprint density at radius 1 is 1.00 bits per heavy atom. The largest absolute Gasteiger partial charge is 0.339 e. The summed E-state index contributed by atoms with van der Waals surface area (Å²) in [6.07, 6.45) is 3.86. The molecular weight excluding hydrogens is 484 g/mol. The molecule has 0 radical (unpaired) electrons. The Kier molecular flexibility index (Phi) is 7.91. The van der Waals surface area contributed by atoms with E-state index in [1.54, 1.807) is 34.9 Å². The summed E-state index contributed by atoms with van der Waals surface area (Å²) in [4.78, 5) is 16.9. The Bertz CT molecular complexity index is 1270. The average molecular weight is 513 g/mol. The van der Waals surface area contributed by atoms with Crippen LogP contribution in [0.4, 0.5) is 5.69 Å². The zero-order chi connectivity index (χ0) is 24.1. The molecule has 34 heavy (non-hydrogen) atoms. The van der Waals surface area contributed by atoms with E-state index in [0.717, 1.165) is 47.7 Å². The van der Waals surface area contributed by atoms with Crippen molar-refractivity contribution < 1.29 is 13.2 Å². The SMILES string of the molecule is CSc1ccc(S(=O)(=O)Nc2ccc(CSc3ccccc3)cc2C)cc1C(=O)N1CCCC1. The molecule has 1 fully saturated rings. The topological polar surface area (TPSA) is 66.5 Å². The highest BCUT2D eigenvalue weighted by molar-refractivity contribution is 7.98. The number of aryl methyl sites for hydroxylation is 1. The third kappa shape index (κ3) is 5.79. The Balaban J connectivity index is 1.52. The van der Waals surface area contributed by atoms with Crippen LogP contribution in [0.25, 0.3) is 0 Å². The number of rotatable bonds is 8. The summed E-state index contributed by atoms with van der Waals surface area (Å²) >= 11 is 3.19. The van der Waals surface area contributed by atoms with E-state index in [9.17, 15) is 13.2 Å². The van der Waals surface area contributed by atoms with Gasteiger partial charge < -0.3 is 4.90 Å². The number of nitrogens with zero attached hydrogens (tertiary/aromatic N) is 1. The summed E-state index contributed by atoms with van der Waals surface area (Å²) < 4.78 is 29.1. The molecule has 3 aromatic carbocycles. The van der Waals surface area contributed by atoms with Crippen LogP contribution in [0.1, 0.15) is 34.3 Å². The molecule has 1 N–H and O–H groups in total. The molecule has 0 aromatic heterocycles. The Labute approximate surface area is 210 Å². The number of hydrogen-bond acceptors (Lipinski definition) is 5. The molecule has 178 valence electrons. The first-order valence-corrected chi connectivity index (χ1v) is 14.8. The van der Waals surface area contributed by atoms with Gasteiger partial charge >= 0.3 is 0 Å². The van der Waals surface area contributed by atoms with Crippen LogP contribution in [0.5, 0.6) is 0 Å².